The van der Waals surface area contributed by atoms with Gasteiger partial charge in [0.1, 0.15) is 11.3 Å². The first-order valence-corrected chi connectivity index (χ1v) is 13.4. The molecule has 1 fully saturated rings. The maximum Gasteiger partial charge on any atom is 0.164 e. The number of rotatable bonds is 8. The molecule has 198 valence electrons. The average Bonchev–Trinajstić information content (AvgIpc) is 2.91. The van der Waals surface area contributed by atoms with Gasteiger partial charge in [-0.3, -0.25) is 4.39 Å². The number of aromatic nitrogens is 4. The van der Waals surface area contributed by atoms with Gasteiger partial charge in [-0.2, -0.15) is 0 Å². The Morgan fingerprint density at radius 2 is 2.05 bits per heavy atom. The van der Waals surface area contributed by atoms with Crippen LogP contribution in [0.2, 0.25) is 0 Å². The monoisotopic (exact) mass is 537 g/mol. The molecule has 1 aliphatic rings. The number of pyridine rings is 2. The van der Waals surface area contributed by atoms with Crippen molar-refractivity contribution in [3.63, 3.8) is 0 Å². The van der Waals surface area contributed by atoms with Crippen LogP contribution < -0.4 is 15.4 Å². The first-order chi connectivity index (χ1) is 18.5. The Labute approximate surface area is 224 Å². The Kier molecular flexibility index (Phi) is 7.85. The summed E-state index contributed by atoms with van der Waals surface area (Å²) in [5.74, 6) is 1.73. The summed E-state index contributed by atoms with van der Waals surface area (Å²) >= 11 is 1.27. The van der Waals surface area contributed by atoms with E-state index in [1.807, 2.05) is 13.0 Å². The molecule has 8 nitrogen and oxygen atoms in total. The van der Waals surface area contributed by atoms with Gasteiger partial charge in [0.05, 0.1) is 42.8 Å². The molecule has 3 N–H and O–H groups in total. The van der Waals surface area contributed by atoms with E-state index in [4.69, 9.17) is 25.4 Å². The Hall–Kier alpha value is -3.57. The zero-order valence-corrected chi connectivity index (χ0v) is 22.1. The second-order valence-corrected chi connectivity index (χ2v) is 10.0. The predicted octanol–water partition coefficient (Wildman–Crippen LogP) is 5.43. The summed E-state index contributed by atoms with van der Waals surface area (Å²) in [4.78, 5) is 21.0. The van der Waals surface area contributed by atoms with Crippen LogP contribution in [0.3, 0.4) is 0 Å². The molecule has 0 bridgehead atoms. The molecule has 0 radical (unpaired) electrons. The molecule has 4 heterocycles. The number of hydrogen-bond donors (Lipinski definition) is 2. The zero-order valence-electron chi connectivity index (χ0n) is 21.2. The summed E-state index contributed by atoms with van der Waals surface area (Å²) in [6.45, 7) is 5.38. The van der Waals surface area contributed by atoms with Crippen LogP contribution in [0.5, 0.6) is 0 Å². The van der Waals surface area contributed by atoms with E-state index < -0.39 is 12.5 Å². The van der Waals surface area contributed by atoms with Crippen LogP contribution >= 0.6 is 11.9 Å². The van der Waals surface area contributed by atoms with Gasteiger partial charge in [-0.1, -0.05) is 18.0 Å². The van der Waals surface area contributed by atoms with Crippen LogP contribution in [0, 0.1) is 12.7 Å². The molecule has 0 amide bonds. The number of anilines is 3. The highest BCUT2D eigenvalue weighted by atomic mass is 32.2. The van der Waals surface area contributed by atoms with E-state index in [2.05, 4.69) is 21.5 Å². The number of benzene rings is 1. The SMILES string of the molecule is Cc1cc(N)ncc1-c1nc(N2CCOCC2C)c2nc(-c3cccc(NSCCCF)c3F)ccc2n1. The first kappa shape index (κ1) is 26.1. The number of hydrogen-bond acceptors (Lipinski definition) is 9. The lowest BCUT2D eigenvalue weighted by Gasteiger charge is -2.34. The fraction of sp³-hybridized carbons (Fsp3) is 0.333. The number of halogens is 2. The molecule has 1 atom stereocenters. The molecular formula is C27H29F2N7OS. The van der Waals surface area contributed by atoms with Crippen LogP contribution in [0.4, 0.5) is 26.1 Å². The lowest BCUT2D eigenvalue weighted by molar-refractivity contribution is 0.0987. The Morgan fingerprint density at radius 1 is 1.18 bits per heavy atom. The number of nitrogens with one attached hydrogen (secondary N) is 1. The molecule has 1 saturated heterocycles. The molecule has 5 rings (SSSR count). The molecule has 0 spiro atoms. The van der Waals surface area contributed by atoms with Gasteiger partial charge in [0.15, 0.2) is 17.5 Å². The van der Waals surface area contributed by atoms with Crippen LogP contribution in [-0.4, -0.2) is 58.2 Å². The summed E-state index contributed by atoms with van der Waals surface area (Å²) < 4.78 is 36.5. The van der Waals surface area contributed by atoms with Gasteiger partial charge in [0, 0.05) is 29.6 Å². The number of nitrogens with zero attached hydrogens (tertiary/aromatic N) is 5. The third-order valence-electron chi connectivity index (χ3n) is 6.37. The van der Waals surface area contributed by atoms with Crippen molar-refractivity contribution in [1.29, 1.82) is 0 Å². The Balaban J connectivity index is 1.61. The van der Waals surface area contributed by atoms with Crippen molar-refractivity contribution < 1.29 is 13.5 Å². The van der Waals surface area contributed by atoms with Crippen LogP contribution in [0.25, 0.3) is 33.7 Å². The smallest absolute Gasteiger partial charge is 0.164 e. The summed E-state index contributed by atoms with van der Waals surface area (Å²) in [7, 11) is 0. The van der Waals surface area contributed by atoms with E-state index in [0.717, 1.165) is 11.1 Å². The molecule has 0 saturated carbocycles. The van der Waals surface area contributed by atoms with Gasteiger partial charge in [0.25, 0.3) is 0 Å². The second-order valence-electron chi connectivity index (χ2n) is 9.14. The topological polar surface area (TPSA) is 102 Å². The Morgan fingerprint density at radius 3 is 2.84 bits per heavy atom. The van der Waals surface area contributed by atoms with Gasteiger partial charge >= 0.3 is 0 Å². The van der Waals surface area contributed by atoms with Gasteiger partial charge in [-0.25, -0.2) is 24.3 Å². The quantitative estimate of drug-likeness (QED) is 0.225. The van der Waals surface area contributed by atoms with Crippen molar-refractivity contribution in [2.24, 2.45) is 0 Å². The van der Waals surface area contributed by atoms with Crippen LogP contribution in [0.15, 0.2) is 42.6 Å². The van der Waals surface area contributed by atoms with Crippen molar-refractivity contribution in [3.05, 3.63) is 54.0 Å². The zero-order chi connectivity index (χ0) is 26.6. The third-order valence-corrected chi connectivity index (χ3v) is 7.23. The number of nitrogens with two attached hydrogens (primary N) is 1. The molecule has 38 heavy (non-hydrogen) atoms. The first-order valence-electron chi connectivity index (χ1n) is 12.4. The van der Waals surface area contributed by atoms with Crippen molar-refractivity contribution in [2.75, 3.05) is 47.5 Å². The summed E-state index contributed by atoms with van der Waals surface area (Å²) in [6, 6.07) is 10.6. The Bertz CT molecular complexity index is 1450. The van der Waals surface area contributed by atoms with Gasteiger partial charge in [-0.05, 0) is 56.2 Å². The largest absolute Gasteiger partial charge is 0.384 e. The fourth-order valence-electron chi connectivity index (χ4n) is 4.39. The van der Waals surface area contributed by atoms with Crippen molar-refractivity contribution in [1.82, 2.24) is 19.9 Å². The second kappa shape index (κ2) is 11.4. The van der Waals surface area contributed by atoms with E-state index in [1.54, 1.807) is 36.5 Å². The summed E-state index contributed by atoms with van der Waals surface area (Å²) in [5.41, 5.74) is 9.92. The van der Waals surface area contributed by atoms with E-state index in [1.165, 1.54) is 11.9 Å². The minimum absolute atomic E-state index is 0.0661. The van der Waals surface area contributed by atoms with Gasteiger partial charge in [0.2, 0.25) is 0 Å². The number of morpholine rings is 1. The molecule has 1 aliphatic heterocycles. The highest BCUT2D eigenvalue weighted by molar-refractivity contribution is 8.00. The van der Waals surface area contributed by atoms with Crippen molar-refractivity contribution in [3.8, 4) is 22.6 Å². The third kappa shape index (κ3) is 5.34. The van der Waals surface area contributed by atoms with Crippen molar-refractivity contribution in [2.45, 2.75) is 26.3 Å². The summed E-state index contributed by atoms with van der Waals surface area (Å²) in [6.07, 6.45) is 2.08. The lowest BCUT2D eigenvalue weighted by atomic mass is 10.1. The standard InChI is InChI=1S/C27H29F2N7OS/c1-16-13-23(30)31-14-19(16)26-33-22-8-7-20(18-5-3-6-21(24(18)29)35-38-12-4-9-28)32-25(22)27(34-26)36-10-11-37-15-17(36)2/h3,5-8,13-14,17,35H,4,9-12,15H2,1-2H3,(H2,30,31). The lowest BCUT2D eigenvalue weighted by Crippen LogP contribution is -2.44. The highest BCUT2D eigenvalue weighted by Gasteiger charge is 2.25. The van der Waals surface area contributed by atoms with E-state index in [9.17, 15) is 4.39 Å². The molecule has 11 heteroatoms. The molecule has 0 aliphatic carbocycles. The maximum absolute atomic E-state index is 15.5. The fourth-order valence-corrected chi connectivity index (χ4v) is 5.06. The average molecular weight is 538 g/mol. The van der Waals surface area contributed by atoms with Crippen LogP contribution in [0.1, 0.15) is 18.9 Å². The van der Waals surface area contributed by atoms with E-state index >= 15 is 4.39 Å². The molecule has 3 aromatic heterocycles. The number of fused-ring (bicyclic) bond motifs is 1. The van der Waals surface area contributed by atoms with Crippen molar-refractivity contribution >= 4 is 40.3 Å². The predicted molar refractivity (Wildman–Crippen MR) is 149 cm³/mol. The normalized spacial score (nSPS) is 15.7. The van der Waals surface area contributed by atoms with Crippen LogP contribution in [-0.2, 0) is 4.74 Å². The molecular weight excluding hydrogens is 508 g/mol. The number of ether oxygens (including phenoxy) is 1. The minimum Gasteiger partial charge on any atom is -0.384 e. The maximum atomic E-state index is 15.5. The van der Waals surface area contributed by atoms with E-state index in [0.29, 0.717) is 77.4 Å². The number of nitrogen functional groups attached to an aromatic ring is 1. The molecule has 1 aromatic carbocycles. The number of aryl methyl sites for hydroxylation is 1. The highest BCUT2D eigenvalue weighted by Crippen LogP contribution is 2.33. The summed E-state index contributed by atoms with van der Waals surface area (Å²) in [5, 5.41) is 0. The number of alkyl halides is 1. The van der Waals surface area contributed by atoms with Gasteiger partial charge < -0.3 is 20.1 Å². The van der Waals surface area contributed by atoms with Gasteiger partial charge in [-0.15, -0.1) is 0 Å². The van der Waals surface area contributed by atoms with E-state index in [-0.39, 0.29) is 6.04 Å². The minimum atomic E-state index is -0.422. The molecule has 1 unspecified atom stereocenters. The molecule has 4 aromatic rings.